The molecule has 0 radical (unpaired) electrons. The Bertz CT molecular complexity index is 812. The van der Waals surface area contributed by atoms with E-state index in [0.717, 1.165) is 22.3 Å². The zero-order valence-electron chi connectivity index (χ0n) is 11.9. The molecule has 0 atom stereocenters. The molecule has 2 aromatic rings. The number of rotatable bonds is 5. The van der Waals surface area contributed by atoms with Crippen LogP contribution < -0.4 is 0 Å². The summed E-state index contributed by atoms with van der Waals surface area (Å²) in [6.07, 6.45) is 5.46. The zero-order valence-corrected chi connectivity index (χ0v) is 12.8. The quantitative estimate of drug-likeness (QED) is 0.661. The molecule has 0 amide bonds. The summed E-state index contributed by atoms with van der Waals surface area (Å²) < 4.78 is 30.9. The van der Waals surface area contributed by atoms with Gasteiger partial charge in [0, 0.05) is 0 Å². The van der Waals surface area contributed by atoms with Crippen LogP contribution in [0.25, 0.3) is 17.7 Å². The Morgan fingerprint density at radius 3 is 2.00 bits per heavy atom. The molecule has 1 N–H and O–H groups in total. The second-order valence-electron chi connectivity index (χ2n) is 4.73. The number of hydrogen-bond donors (Lipinski definition) is 1. The molecular formula is C18H16O3S. The van der Waals surface area contributed by atoms with Crippen LogP contribution in [0.4, 0.5) is 0 Å². The molecular weight excluding hydrogens is 296 g/mol. The number of hydrogen-bond acceptors (Lipinski definition) is 2. The molecule has 0 heterocycles. The Balaban J connectivity index is 2.13. The molecule has 4 heteroatoms. The van der Waals surface area contributed by atoms with Crippen molar-refractivity contribution in [3.8, 4) is 0 Å². The Kier molecular flexibility index (Phi) is 4.75. The number of benzene rings is 2. The minimum absolute atomic E-state index is 0.122. The zero-order chi connectivity index (χ0) is 16.2. The SMILES string of the molecule is C=Cc1ccc(C(=C)/C=C/c2ccc(S(=O)(=O)O)cc2)cc1. The first-order valence-corrected chi connectivity index (χ1v) is 8.01. The van der Waals surface area contributed by atoms with Crippen molar-refractivity contribution in [3.63, 3.8) is 0 Å². The van der Waals surface area contributed by atoms with E-state index in [-0.39, 0.29) is 4.90 Å². The highest BCUT2D eigenvalue weighted by Crippen LogP contribution is 2.17. The maximum absolute atomic E-state index is 11.0. The van der Waals surface area contributed by atoms with Gasteiger partial charge in [0.1, 0.15) is 0 Å². The molecule has 0 saturated carbocycles. The second kappa shape index (κ2) is 6.56. The monoisotopic (exact) mass is 312 g/mol. The highest BCUT2D eigenvalue weighted by atomic mass is 32.2. The highest BCUT2D eigenvalue weighted by Gasteiger charge is 2.07. The van der Waals surface area contributed by atoms with Gasteiger partial charge < -0.3 is 0 Å². The molecule has 0 aliphatic heterocycles. The molecule has 0 spiro atoms. The first kappa shape index (κ1) is 15.9. The van der Waals surface area contributed by atoms with Crippen LogP contribution in [-0.4, -0.2) is 13.0 Å². The van der Waals surface area contributed by atoms with Crippen molar-refractivity contribution in [2.75, 3.05) is 0 Å². The van der Waals surface area contributed by atoms with E-state index in [1.165, 1.54) is 12.1 Å². The van der Waals surface area contributed by atoms with Gasteiger partial charge in [0.2, 0.25) is 0 Å². The van der Waals surface area contributed by atoms with E-state index >= 15 is 0 Å². The topological polar surface area (TPSA) is 54.4 Å². The van der Waals surface area contributed by atoms with E-state index in [0.29, 0.717) is 0 Å². The van der Waals surface area contributed by atoms with E-state index in [9.17, 15) is 8.42 Å². The summed E-state index contributed by atoms with van der Waals surface area (Å²) in [4.78, 5) is -0.122. The van der Waals surface area contributed by atoms with Gasteiger partial charge in [-0.2, -0.15) is 8.42 Å². The van der Waals surface area contributed by atoms with Crippen LogP contribution in [0.1, 0.15) is 16.7 Å². The minimum Gasteiger partial charge on any atom is -0.282 e. The van der Waals surface area contributed by atoms with E-state index in [2.05, 4.69) is 13.2 Å². The lowest BCUT2D eigenvalue weighted by Gasteiger charge is -2.02. The summed E-state index contributed by atoms with van der Waals surface area (Å²) in [6.45, 7) is 7.71. The first-order valence-electron chi connectivity index (χ1n) is 6.57. The Morgan fingerprint density at radius 2 is 1.50 bits per heavy atom. The van der Waals surface area contributed by atoms with Crippen molar-refractivity contribution >= 4 is 27.8 Å². The Morgan fingerprint density at radius 1 is 0.955 bits per heavy atom. The normalized spacial score (nSPS) is 11.5. The molecule has 2 rings (SSSR count). The van der Waals surface area contributed by atoms with Crippen LogP contribution in [0.2, 0.25) is 0 Å². The molecule has 22 heavy (non-hydrogen) atoms. The summed E-state index contributed by atoms with van der Waals surface area (Å²) in [7, 11) is -4.15. The summed E-state index contributed by atoms with van der Waals surface area (Å²) in [6, 6.07) is 13.8. The van der Waals surface area contributed by atoms with Crippen LogP contribution in [0.3, 0.4) is 0 Å². The van der Waals surface area contributed by atoms with Crippen LogP contribution in [0.15, 0.2) is 72.7 Å². The molecule has 2 aromatic carbocycles. The van der Waals surface area contributed by atoms with Gasteiger partial charge in [0.25, 0.3) is 10.1 Å². The van der Waals surface area contributed by atoms with Crippen molar-refractivity contribution in [2.24, 2.45) is 0 Å². The molecule has 0 bridgehead atoms. The highest BCUT2D eigenvalue weighted by molar-refractivity contribution is 7.85. The van der Waals surface area contributed by atoms with E-state index < -0.39 is 10.1 Å². The molecule has 0 aliphatic carbocycles. The average molecular weight is 312 g/mol. The standard InChI is InChI=1S/C18H16O3S/c1-3-15-6-10-17(11-7-15)14(2)4-5-16-8-12-18(13-9-16)22(19,20)21/h3-13H,1-2H2,(H,19,20,21)/b5-4+. The maximum atomic E-state index is 11.0. The van der Waals surface area contributed by atoms with Crippen molar-refractivity contribution in [1.82, 2.24) is 0 Å². The van der Waals surface area contributed by atoms with E-state index in [1.807, 2.05) is 36.4 Å². The second-order valence-corrected chi connectivity index (χ2v) is 6.15. The maximum Gasteiger partial charge on any atom is 0.294 e. The van der Waals surface area contributed by atoms with Crippen LogP contribution in [-0.2, 0) is 10.1 Å². The smallest absolute Gasteiger partial charge is 0.282 e. The van der Waals surface area contributed by atoms with Gasteiger partial charge in [-0.05, 0) is 34.4 Å². The van der Waals surface area contributed by atoms with E-state index in [4.69, 9.17) is 4.55 Å². The summed E-state index contributed by atoms with van der Waals surface area (Å²) in [5.74, 6) is 0. The van der Waals surface area contributed by atoms with Gasteiger partial charge >= 0.3 is 0 Å². The molecule has 0 saturated heterocycles. The van der Waals surface area contributed by atoms with Crippen molar-refractivity contribution in [2.45, 2.75) is 4.90 Å². The fourth-order valence-electron chi connectivity index (χ4n) is 1.88. The third-order valence-corrected chi connectivity index (χ3v) is 4.04. The lowest BCUT2D eigenvalue weighted by Crippen LogP contribution is -1.97. The third-order valence-electron chi connectivity index (χ3n) is 3.17. The summed E-state index contributed by atoms with van der Waals surface area (Å²) in [5.41, 5.74) is 3.70. The van der Waals surface area contributed by atoms with Gasteiger partial charge in [-0.1, -0.05) is 67.8 Å². The van der Waals surface area contributed by atoms with Crippen LogP contribution >= 0.6 is 0 Å². The summed E-state index contributed by atoms with van der Waals surface area (Å²) in [5, 5.41) is 0. The molecule has 3 nitrogen and oxygen atoms in total. The average Bonchev–Trinajstić information content (AvgIpc) is 2.52. The van der Waals surface area contributed by atoms with E-state index in [1.54, 1.807) is 18.2 Å². The Labute approximate surface area is 130 Å². The number of allylic oxidation sites excluding steroid dienone is 2. The van der Waals surface area contributed by atoms with Crippen LogP contribution in [0, 0.1) is 0 Å². The van der Waals surface area contributed by atoms with Crippen molar-refractivity contribution < 1.29 is 13.0 Å². The molecule has 0 unspecified atom stereocenters. The largest absolute Gasteiger partial charge is 0.294 e. The predicted molar refractivity (Wildman–Crippen MR) is 90.9 cm³/mol. The molecule has 112 valence electrons. The van der Waals surface area contributed by atoms with Gasteiger partial charge in [-0.3, -0.25) is 4.55 Å². The van der Waals surface area contributed by atoms with Crippen molar-refractivity contribution in [1.29, 1.82) is 0 Å². The predicted octanol–water partition coefficient (Wildman–Crippen LogP) is 4.30. The van der Waals surface area contributed by atoms with Crippen LogP contribution in [0.5, 0.6) is 0 Å². The van der Waals surface area contributed by atoms with Gasteiger partial charge in [-0.15, -0.1) is 0 Å². The first-order chi connectivity index (χ1) is 10.4. The van der Waals surface area contributed by atoms with Gasteiger partial charge in [-0.25, -0.2) is 0 Å². The Hall–Kier alpha value is -2.43. The lowest BCUT2D eigenvalue weighted by molar-refractivity contribution is 0.483. The van der Waals surface area contributed by atoms with Gasteiger partial charge in [0.15, 0.2) is 0 Å². The fourth-order valence-corrected chi connectivity index (χ4v) is 2.36. The van der Waals surface area contributed by atoms with Gasteiger partial charge in [0.05, 0.1) is 4.90 Å². The minimum atomic E-state index is -4.15. The third kappa shape index (κ3) is 4.04. The summed E-state index contributed by atoms with van der Waals surface area (Å²) >= 11 is 0. The lowest BCUT2D eigenvalue weighted by atomic mass is 10.0. The fraction of sp³-hybridized carbons (Fsp3) is 0. The van der Waals surface area contributed by atoms with Crippen molar-refractivity contribution in [3.05, 3.63) is 84.5 Å². The molecule has 0 aliphatic rings. The molecule has 0 aromatic heterocycles. The molecule has 0 fully saturated rings.